The van der Waals surface area contributed by atoms with Crippen LogP contribution in [0, 0.1) is 5.92 Å². The van der Waals surface area contributed by atoms with Gasteiger partial charge in [0.05, 0.1) is 19.4 Å². The molecule has 0 saturated carbocycles. The molecule has 0 aliphatic carbocycles. The Kier molecular flexibility index (Phi) is 8.49. The van der Waals surface area contributed by atoms with Gasteiger partial charge in [-0.05, 0) is 60.6 Å². The number of unbranched alkanes of at least 4 members (excludes halogenated alkanes) is 1. The summed E-state index contributed by atoms with van der Waals surface area (Å²) in [6.45, 7) is 12.0. The second kappa shape index (κ2) is 11.3. The van der Waals surface area contributed by atoms with E-state index in [9.17, 15) is 0 Å². The van der Waals surface area contributed by atoms with Gasteiger partial charge < -0.3 is 10.1 Å². The summed E-state index contributed by atoms with van der Waals surface area (Å²) < 4.78 is 5.50. The van der Waals surface area contributed by atoms with Crippen LogP contribution in [0.1, 0.15) is 88.5 Å². The predicted octanol–water partition coefficient (Wildman–Crippen LogP) is 6.60. The van der Waals surface area contributed by atoms with E-state index in [2.05, 4.69) is 69.2 Å². The number of ether oxygens (including phenoxy) is 1. The number of pyridine rings is 1. The van der Waals surface area contributed by atoms with E-state index < -0.39 is 0 Å². The topological polar surface area (TPSA) is 46.5 Å². The molecule has 2 aromatic rings. The Hall–Kier alpha value is -2.62. The van der Waals surface area contributed by atoms with Crippen LogP contribution in [-0.2, 0) is 0 Å². The first-order chi connectivity index (χ1) is 15.4. The summed E-state index contributed by atoms with van der Waals surface area (Å²) in [5, 5.41) is 3.87. The molecule has 1 atom stereocenters. The Morgan fingerprint density at radius 3 is 2.56 bits per heavy atom. The molecule has 0 bridgehead atoms. The van der Waals surface area contributed by atoms with Crippen LogP contribution in [0.2, 0.25) is 0 Å². The van der Waals surface area contributed by atoms with E-state index >= 15 is 0 Å². The highest BCUT2D eigenvalue weighted by Gasteiger charge is 2.22. The van der Waals surface area contributed by atoms with Crippen LogP contribution in [0.15, 0.2) is 47.7 Å². The number of hydrogen-bond donors (Lipinski definition) is 1. The van der Waals surface area contributed by atoms with E-state index in [-0.39, 0.29) is 0 Å². The van der Waals surface area contributed by atoms with Crippen molar-refractivity contribution in [3.8, 4) is 5.75 Å². The summed E-state index contributed by atoms with van der Waals surface area (Å²) in [4.78, 5) is 9.52. The maximum Gasteiger partial charge on any atom is 0.119 e. The second-order valence-electron chi connectivity index (χ2n) is 9.45. The van der Waals surface area contributed by atoms with Crippen LogP contribution < -0.4 is 10.1 Å². The number of nitrogens with one attached hydrogen (secondary N) is 1. The Bertz CT molecular complexity index is 959. The van der Waals surface area contributed by atoms with Crippen molar-refractivity contribution >= 4 is 11.4 Å². The zero-order valence-corrected chi connectivity index (χ0v) is 20.6. The van der Waals surface area contributed by atoms with E-state index in [0.29, 0.717) is 24.4 Å². The van der Waals surface area contributed by atoms with Crippen LogP contribution in [-0.4, -0.2) is 30.4 Å². The first-order valence-electron chi connectivity index (χ1n) is 12.1. The number of aliphatic imine (C=N–C) groups is 1. The average Bonchev–Trinajstić information content (AvgIpc) is 2.96. The number of benzene rings is 1. The van der Waals surface area contributed by atoms with Crippen LogP contribution >= 0.6 is 0 Å². The summed E-state index contributed by atoms with van der Waals surface area (Å²) in [5.41, 5.74) is 6.90. The molecule has 0 amide bonds. The third kappa shape index (κ3) is 5.79. The number of nitrogens with zero attached hydrogens (tertiary/aromatic N) is 2. The molecule has 1 aromatic heterocycles. The quantitative estimate of drug-likeness (QED) is 0.459. The predicted molar refractivity (Wildman–Crippen MR) is 136 cm³/mol. The fourth-order valence-electron chi connectivity index (χ4n) is 4.46. The Morgan fingerprint density at radius 1 is 1.06 bits per heavy atom. The Morgan fingerprint density at radius 2 is 1.88 bits per heavy atom. The van der Waals surface area contributed by atoms with Crippen LogP contribution in [0.3, 0.4) is 0 Å². The number of fused-ring (bicyclic) bond motifs is 1. The smallest absolute Gasteiger partial charge is 0.119 e. The molecule has 1 aliphatic rings. The van der Waals surface area contributed by atoms with Gasteiger partial charge >= 0.3 is 0 Å². The molecule has 32 heavy (non-hydrogen) atoms. The van der Waals surface area contributed by atoms with Crippen molar-refractivity contribution < 1.29 is 4.74 Å². The van der Waals surface area contributed by atoms with Crippen molar-refractivity contribution in [2.24, 2.45) is 10.9 Å². The fraction of sp³-hybridized carbons (Fsp3) is 0.500. The highest BCUT2D eigenvalue weighted by Crippen LogP contribution is 2.30. The standard InChI is InChI=1S/C28H39N3O/c1-7-8-9-21(16-19(2)3)31-27-13-15-30-28(24-12-14-29-18-26(24)27)23-11-10-22(32-6)17-25(23)20(4)5/h10-14,17-21,31H,7-9,15-16H2,1-6H3. The first-order valence-corrected chi connectivity index (χ1v) is 12.1. The molecule has 0 saturated heterocycles. The summed E-state index contributed by atoms with van der Waals surface area (Å²) in [6.07, 6.45) is 10.9. The first kappa shape index (κ1) is 24.0. The lowest BCUT2D eigenvalue weighted by molar-refractivity contribution is 0.414. The lowest BCUT2D eigenvalue weighted by atomic mass is 9.89. The van der Waals surface area contributed by atoms with Crippen LogP contribution in [0.5, 0.6) is 5.75 Å². The van der Waals surface area contributed by atoms with Gasteiger partial charge in [0, 0.05) is 40.8 Å². The maximum atomic E-state index is 5.50. The fourth-order valence-corrected chi connectivity index (χ4v) is 4.46. The highest BCUT2D eigenvalue weighted by molar-refractivity contribution is 6.16. The van der Waals surface area contributed by atoms with Gasteiger partial charge in [-0.2, -0.15) is 0 Å². The van der Waals surface area contributed by atoms with Gasteiger partial charge in [0.2, 0.25) is 0 Å². The minimum Gasteiger partial charge on any atom is -0.497 e. The molecule has 172 valence electrons. The van der Waals surface area contributed by atoms with E-state index in [1.165, 1.54) is 30.4 Å². The van der Waals surface area contributed by atoms with Crippen LogP contribution in [0.4, 0.5) is 0 Å². The van der Waals surface area contributed by atoms with Crippen molar-refractivity contribution in [1.29, 1.82) is 0 Å². The van der Waals surface area contributed by atoms with Gasteiger partial charge in [-0.3, -0.25) is 9.98 Å². The molecule has 0 fully saturated rings. The van der Waals surface area contributed by atoms with Gasteiger partial charge in [0.25, 0.3) is 0 Å². The number of aromatic nitrogens is 1. The molecule has 1 aromatic carbocycles. The molecular weight excluding hydrogens is 394 g/mol. The summed E-state index contributed by atoms with van der Waals surface area (Å²) in [7, 11) is 1.72. The minimum atomic E-state index is 0.367. The zero-order chi connectivity index (χ0) is 23.1. The molecule has 0 radical (unpaired) electrons. The second-order valence-corrected chi connectivity index (χ2v) is 9.45. The lowest BCUT2D eigenvalue weighted by Gasteiger charge is -2.24. The third-order valence-corrected chi connectivity index (χ3v) is 6.07. The molecule has 4 nitrogen and oxygen atoms in total. The number of methoxy groups -OCH3 is 1. The summed E-state index contributed by atoms with van der Waals surface area (Å²) >= 11 is 0. The largest absolute Gasteiger partial charge is 0.497 e. The molecule has 2 heterocycles. The highest BCUT2D eigenvalue weighted by atomic mass is 16.5. The van der Waals surface area contributed by atoms with Gasteiger partial charge in [-0.25, -0.2) is 0 Å². The van der Waals surface area contributed by atoms with Crippen molar-refractivity contribution in [3.05, 3.63) is 65.0 Å². The van der Waals surface area contributed by atoms with E-state index in [1.807, 2.05) is 18.5 Å². The monoisotopic (exact) mass is 433 g/mol. The van der Waals surface area contributed by atoms with Crippen molar-refractivity contribution in [2.45, 2.75) is 72.3 Å². The summed E-state index contributed by atoms with van der Waals surface area (Å²) in [5.74, 6) is 1.91. The van der Waals surface area contributed by atoms with E-state index in [0.717, 1.165) is 34.7 Å². The lowest BCUT2D eigenvalue weighted by Crippen LogP contribution is -2.30. The normalized spacial score (nSPS) is 14.5. The summed E-state index contributed by atoms with van der Waals surface area (Å²) in [6, 6.07) is 8.89. The molecule has 1 aliphatic heterocycles. The van der Waals surface area contributed by atoms with Gasteiger partial charge in [-0.15, -0.1) is 0 Å². The molecule has 0 spiro atoms. The maximum absolute atomic E-state index is 5.50. The average molecular weight is 434 g/mol. The van der Waals surface area contributed by atoms with Gasteiger partial charge in [0.1, 0.15) is 5.75 Å². The van der Waals surface area contributed by atoms with Crippen molar-refractivity contribution in [3.63, 3.8) is 0 Å². The zero-order valence-electron chi connectivity index (χ0n) is 20.6. The number of rotatable bonds is 10. The van der Waals surface area contributed by atoms with Crippen LogP contribution in [0.25, 0.3) is 5.70 Å². The molecule has 4 heteroatoms. The van der Waals surface area contributed by atoms with Gasteiger partial charge in [-0.1, -0.05) is 47.5 Å². The van der Waals surface area contributed by atoms with Gasteiger partial charge in [0.15, 0.2) is 0 Å². The van der Waals surface area contributed by atoms with Crippen molar-refractivity contribution in [1.82, 2.24) is 10.3 Å². The minimum absolute atomic E-state index is 0.367. The molecule has 1 N–H and O–H groups in total. The third-order valence-electron chi connectivity index (χ3n) is 6.07. The van der Waals surface area contributed by atoms with E-state index in [4.69, 9.17) is 9.73 Å². The Labute approximate surface area is 194 Å². The van der Waals surface area contributed by atoms with E-state index in [1.54, 1.807) is 7.11 Å². The van der Waals surface area contributed by atoms with Crippen molar-refractivity contribution in [2.75, 3.05) is 13.7 Å². The SMILES string of the molecule is CCCCC(CC(C)C)NC1=CCN=C(c2ccc(OC)cc2C(C)C)c2ccncc21. The Balaban J connectivity index is 1.99. The molecule has 1 unspecified atom stereocenters. The molecular formula is C28H39N3O. The number of hydrogen-bond acceptors (Lipinski definition) is 4. The molecule has 3 rings (SSSR count).